The van der Waals surface area contributed by atoms with Crippen molar-refractivity contribution >= 4 is 11.9 Å². The molecule has 1 rings (SSSR count). The maximum atomic E-state index is 12.0. The molecule has 0 aromatic carbocycles. The van der Waals surface area contributed by atoms with Crippen molar-refractivity contribution in [2.45, 2.75) is 71.1 Å². The van der Waals surface area contributed by atoms with Crippen molar-refractivity contribution < 1.29 is 14.7 Å². The summed E-state index contributed by atoms with van der Waals surface area (Å²) in [6.45, 7) is 2.70. The first-order valence-electron chi connectivity index (χ1n) is 8.09. The van der Waals surface area contributed by atoms with E-state index in [4.69, 9.17) is 5.11 Å². The summed E-state index contributed by atoms with van der Waals surface area (Å²) in [6.07, 6.45) is 10.2. The standard InChI is InChI=1S/C16H29NO3/c1-13(12-14-8-4-2-5-9-14)16(20)17-11-7-3-6-10-15(18)19/h13-14H,2-12H2,1H3,(H,17,20)(H,18,19). The van der Waals surface area contributed by atoms with Crippen molar-refractivity contribution in [3.8, 4) is 0 Å². The third-order valence-corrected chi connectivity index (χ3v) is 4.23. The van der Waals surface area contributed by atoms with Gasteiger partial charge in [-0.05, 0) is 25.2 Å². The van der Waals surface area contributed by atoms with Gasteiger partial charge in [-0.25, -0.2) is 0 Å². The zero-order valence-electron chi connectivity index (χ0n) is 12.7. The van der Waals surface area contributed by atoms with E-state index in [1.165, 1.54) is 32.1 Å². The first kappa shape index (κ1) is 17.0. The summed E-state index contributed by atoms with van der Waals surface area (Å²) >= 11 is 0. The van der Waals surface area contributed by atoms with E-state index in [2.05, 4.69) is 5.32 Å². The van der Waals surface area contributed by atoms with Crippen LogP contribution in [0.25, 0.3) is 0 Å². The van der Waals surface area contributed by atoms with Crippen LogP contribution in [0.2, 0.25) is 0 Å². The van der Waals surface area contributed by atoms with E-state index >= 15 is 0 Å². The zero-order valence-corrected chi connectivity index (χ0v) is 12.7. The SMILES string of the molecule is CC(CC1CCCCC1)C(=O)NCCCCCC(=O)O. The molecular weight excluding hydrogens is 254 g/mol. The molecule has 1 aliphatic carbocycles. The highest BCUT2D eigenvalue weighted by Gasteiger charge is 2.20. The topological polar surface area (TPSA) is 66.4 Å². The molecule has 1 fully saturated rings. The number of aliphatic carboxylic acids is 1. The molecule has 0 saturated heterocycles. The molecule has 2 N–H and O–H groups in total. The summed E-state index contributed by atoms with van der Waals surface area (Å²) in [4.78, 5) is 22.3. The highest BCUT2D eigenvalue weighted by molar-refractivity contribution is 5.78. The highest BCUT2D eigenvalue weighted by Crippen LogP contribution is 2.28. The maximum absolute atomic E-state index is 12.0. The predicted molar refractivity (Wildman–Crippen MR) is 79.5 cm³/mol. The summed E-state index contributed by atoms with van der Waals surface area (Å²) in [6, 6.07) is 0. The van der Waals surface area contributed by atoms with E-state index in [-0.39, 0.29) is 18.2 Å². The van der Waals surface area contributed by atoms with Gasteiger partial charge < -0.3 is 10.4 Å². The summed E-state index contributed by atoms with van der Waals surface area (Å²) < 4.78 is 0. The molecule has 0 aromatic rings. The first-order valence-corrected chi connectivity index (χ1v) is 8.09. The van der Waals surface area contributed by atoms with Gasteiger partial charge in [0.1, 0.15) is 0 Å². The van der Waals surface area contributed by atoms with Crippen LogP contribution in [0.15, 0.2) is 0 Å². The molecule has 0 bridgehead atoms. The van der Waals surface area contributed by atoms with Crippen molar-refractivity contribution in [3.63, 3.8) is 0 Å². The Hall–Kier alpha value is -1.06. The third kappa shape index (κ3) is 7.51. The van der Waals surface area contributed by atoms with E-state index in [1.54, 1.807) is 0 Å². The van der Waals surface area contributed by atoms with E-state index in [0.717, 1.165) is 25.2 Å². The molecule has 20 heavy (non-hydrogen) atoms. The average Bonchev–Trinajstić information content (AvgIpc) is 2.43. The van der Waals surface area contributed by atoms with Gasteiger partial charge in [0, 0.05) is 18.9 Å². The average molecular weight is 283 g/mol. The Bertz CT molecular complexity index is 298. The molecule has 1 unspecified atom stereocenters. The lowest BCUT2D eigenvalue weighted by atomic mass is 9.83. The largest absolute Gasteiger partial charge is 0.481 e. The molecule has 0 radical (unpaired) electrons. The maximum Gasteiger partial charge on any atom is 0.303 e. The van der Waals surface area contributed by atoms with Gasteiger partial charge in [0.25, 0.3) is 0 Å². The minimum Gasteiger partial charge on any atom is -0.481 e. The molecule has 4 nitrogen and oxygen atoms in total. The smallest absolute Gasteiger partial charge is 0.303 e. The fourth-order valence-electron chi connectivity index (χ4n) is 2.99. The lowest BCUT2D eigenvalue weighted by Gasteiger charge is -2.24. The number of hydrogen-bond donors (Lipinski definition) is 2. The fourth-order valence-corrected chi connectivity index (χ4v) is 2.99. The molecule has 0 aliphatic heterocycles. The minimum absolute atomic E-state index is 0.108. The van der Waals surface area contributed by atoms with Gasteiger partial charge in [-0.3, -0.25) is 9.59 Å². The molecular formula is C16H29NO3. The van der Waals surface area contributed by atoms with Crippen LogP contribution in [0.5, 0.6) is 0 Å². The number of carbonyl (C=O) groups is 2. The minimum atomic E-state index is -0.741. The molecule has 1 amide bonds. The van der Waals surface area contributed by atoms with Gasteiger partial charge in [-0.2, -0.15) is 0 Å². The Labute approximate surface area is 122 Å². The van der Waals surface area contributed by atoms with Crippen LogP contribution in [-0.2, 0) is 9.59 Å². The Morgan fingerprint density at radius 3 is 2.50 bits per heavy atom. The number of carboxylic acid groups (broad SMARTS) is 1. The number of rotatable bonds is 9. The number of nitrogens with one attached hydrogen (secondary N) is 1. The van der Waals surface area contributed by atoms with Crippen LogP contribution in [-0.4, -0.2) is 23.5 Å². The quantitative estimate of drug-likeness (QED) is 0.638. The fraction of sp³-hybridized carbons (Fsp3) is 0.875. The van der Waals surface area contributed by atoms with E-state index < -0.39 is 5.97 Å². The lowest BCUT2D eigenvalue weighted by Crippen LogP contribution is -2.31. The van der Waals surface area contributed by atoms with Crippen molar-refractivity contribution in [1.29, 1.82) is 0 Å². The van der Waals surface area contributed by atoms with Crippen molar-refractivity contribution in [1.82, 2.24) is 5.32 Å². The number of amides is 1. The molecule has 1 saturated carbocycles. The van der Waals surface area contributed by atoms with Gasteiger partial charge >= 0.3 is 5.97 Å². The van der Waals surface area contributed by atoms with Gasteiger partial charge in [0.15, 0.2) is 0 Å². The Kier molecular flexibility index (Phi) is 8.31. The molecule has 0 spiro atoms. The van der Waals surface area contributed by atoms with Gasteiger partial charge in [-0.15, -0.1) is 0 Å². The van der Waals surface area contributed by atoms with Gasteiger partial charge in [-0.1, -0.05) is 45.4 Å². The predicted octanol–water partition coefficient (Wildman–Crippen LogP) is 3.35. The molecule has 0 heterocycles. The van der Waals surface area contributed by atoms with E-state index in [9.17, 15) is 9.59 Å². The van der Waals surface area contributed by atoms with Crippen LogP contribution in [0, 0.1) is 11.8 Å². The second kappa shape index (κ2) is 9.78. The van der Waals surface area contributed by atoms with E-state index in [1.807, 2.05) is 6.92 Å². The molecule has 116 valence electrons. The summed E-state index contributed by atoms with van der Waals surface area (Å²) in [5.41, 5.74) is 0. The molecule has 1 atom stereocenters. The van der Waals surface area contributed by atoms with Crippen molar-refractivity contribution in [2.24, 2.45) is 11.8 Å². The second-order valence-corrected chi connectivity index (χ2v) is 6.14. The first-order chi connectivity index (χ1) is 9.59. The number of unbranched alkanes of at least 4 members (excludes halogenated alkanes) is 2. The molecule has 0 aromatic heterocycles. The Morgan fingerprint density at radius 2 is 1.85 bits per heavy atom. The van der Waals surface area contributed by atoms with Crippen LogP contribution in [0.3, 0.4) is 0 Å². The Balaban J connectivity index is 2.04. The molecule has 4 heteroatoms. The monoisotopic (exact) mass is 283 g/mol. The molecule has 1 aliphatic rings. The van der Waals surface area contributed by atoms with Gasteiger partial charge in [0.05, 0.1) is 0 Å². The van der Waals surface area contributed by atoms with Crippen LogP contribution < -0.4 is 5.32 Å². The summed E-state index contributed by atoms with van der Waals surface area (Å²) in [7, 11) is 0. The summed E-state index contributed by atoms with van der Waals surface area (Å²) in [5, 5.41) is 11.5. The summed E-state index contributed by atoms with van der Waals surface area (Å²) in [5.74, 6) is 0.265. The second-order valence-electron chi connectivity index (χ2n) is 6.14. The highest BCUT2D eigenvalue weighted by atomic mass is 16.4. The van der Waals surface area contributed by atoms with Gasteiger partial charge in [0.2, 0.25) is 5.91 Å². The number of carboxylic acids is 1. The van der Waals surface area contributed by atoms with Crippen LogP contribution in [0.1, 0.15) is 71.1 Å². The Morgan fingerprint density at radius 1 is 1.15 bits per heavy atom. The number of hydrogen-bond acceptors (Lipinski definition) is 2. The number of carbonyl (C=O) groups excluding carboxylic acids is 1. The zero-order chi connectivity index (χ0) is 14.8. The van der Waals surface area contributed by atoms with Crippen LogP contribution >= 0.6 is 0 Å². The van der Waals surface area contributed by atoms with Crippen molar-refractivity contribution in [2.75, 3.05) is 6.54 Å². The van der Waals surface area contributed by atoms with Crippen molar-refractivity contribution in [3.05, 3.63) is 0 Å². The normalized spacial score (nSPS) is 17.6. The van der Waals surface area contributed by atoms with Crippen LogP contribution in [0.4, 0.5) is 0 Å². The van der Waals surface area contributed by atoms with E-state index in [0.29, 0.717) is 13.0 Å². The lowest BCUT2D eigenvalue weighted by molar-refractivity contribution is -0.137. The third-order valence-electron chi connectivity index (χ3n) is 4.23.